The largest absolute Gasteiger partial charge is 0.387 e. The second kappa shape index (κ2) is 4.47. The summed E-state index contributed by atoms with van der Waals surface area (Å²) in [5.41, 5.74) is 5.57. The van der Waals surface area contributed by atoms with Gasteiger partial charge in [0.25, 0.3) is 0 Å². The number of hydrogen-bond donors (Lipinski definition) is 2. The molecule has 1 unspecified atom stereocenters. The van der Waals surface area contributed by atoms with Gasteiger partial charge in [-0.2, -0.15) is 0 Å². The van der Waals surface area contributed by atoms with E-state index < -0.39 is 6.10 Å². The Hall–Kier alpha value is -0.380. The van der Waals surface area contributed by atoms with Gasteiger partial charge < -0.3 is 10.8 Å². The third-order valence-corrected chi connectivity index (χ3v) is 4.47. The van der Waals surface area contributed by atoms with Crippen LogP contribution in [-0.2, 0) is 5.41 Å². The van der Waals surface area contributed by atoms with Crippen LogP contribution in [0.2, 0.25) is 0 Å². The van der Waals surface area contributed by atoms with E-state index in [1.54, 1.807) is 11.3 Å². The first-order chi connectivity index (χ1) is 7.18. The predicted octanol–water partition coefficient (Wildman–Crippen LogP) is 3.06. The van der Waals surface area contributed by atoms with Crippen LogP contribution in [0.25, 0.3) is 0 Å². The first-order valence-electron chi connectivity index (χ1n) is 5.67. The van der Waals surface area contributed by atoms with Crippen molar-refractivity contribution in [2.45, 2.75) is 46.1 Å². The summed E-state index contributed by atoms with van der Waals surface area (Å²) in [7, 11) is 0. The Labute approximate surface area is 102 Å². The van der Waals surface area contributed by atoms with Crippen LogP contribution in [0.4, 0.5) is 0 Å². The van der Waals surface area contributed by atoms with Crippen LogP contribution < -0.4 is 5.73 Å². The Kier molecular flexibility index (Phi) is 3.83. The van der Waals surface area contributed by atoms with Gasteiger partial charge in [0.2, 0.25) is 0 Å². The zero-order valence-corrected chi connectivity index (χ0v) is 11.7. The molecule has 92 valence electrons. The molecular weight excluding hydrogens is 218 g/mol. The van der Waals surface area contributed by atoms with Crippen LogP contribution in [0, 0.1) is 5.41 Å². The van der Waals surface area contributed by atoms with Gasteiger partial charge in [-0.05, 0) is 17.5 Å². The van der Waals surface area contributed by atoms with Gasteiger partial charge >= 0.3 is 0 Å². The van der Waals surface area contributed by atoms with E-state index in [-0.39, 0.29) is 10.8 Å². The van der Waals surface area contributed by atoms with Crippen LogP contribution in [0.5, 0.6) is 0 Å². The average Bonchev–Trinajstić information content (AvgIpc) is 2.64. The van der Waals surface area contributed by atoms with Crippen molar-refractivity contribution >= 4 is 11.3 Å². The van der Waals surface area contributed by atoms with Crippen LogP contribution in [-0.4, -0.2) is 11.7 Å². The van der Waals surface area contributed by atoms with Crippen LogP contribution in [0.15, 0.2) is 12.1 Å². The van der Waals surface area contributed by atoms with E-state index in [0.717, 1.165) is 4.88 Å². The zero-order valence-electron chi connectivity index (χ0n) is 10.9. The molecule has 1 aromatic rings. The number of nitrogens with two attached hydrogens (primary N) is 1. The van der Waals surface area contributed by atoms with Gasteiger partial charge in [0.1, 0.15) is 0 Å². The molecule has 2 nitrogen and oxygen atoms in total. The third kappa shape index (κ3) is 2.84. The Morgan fingerprint density at radius 2 is 1.81 bits per heavy atom. The molecular formula is C13H23NOS. The van der Waals surface area contributed by atoms with Gasteiger partial charge in [-0.25, -0.2) is 0 Å². The van der Waals surface area contributed by atoms with Crippen LogP contribution in [0.1, 0.15) is 50.5 Å². The molecule has 0 saturated carbocycles. The average molecular weight is 241 g/mol. The molecule has 0 aromatic carbocycles. The topological polar surface area (TPSA) is 46.2 Å². The molecule has 1 atom stereocenters. The maximum Gasteiger partial charge on any atom is 0.0944 e. The van der Waals surface area contributed by atoms with E-state index >= 15 is 0 Å². The summed E-state index contributed by atoms with van der Waals surface area (Å²) in [4.78, 5) is 2.31. The van der Waals surface area contributed by atoms with E-state index in [0.29, 0.717) is 6.54 Å². The van der Waals surface area contributed by atoms with Crippen molar-refractivity contribution < 1.29 is 5.11 Å². The summed E-state index contributed by atoms with van der Waals surface area (Å²) in [5.74, 6) is 0. The molecule has 0 aliphatic heterocycles. The smallest absolute Gasteiger partial charge is 0.0944 e. The molecule has 0 bridgehead atoms. The van der Waals surface area contributed by atoms with Crippen molar-refractivity contribution in [1.82, 2.24) is 0 Å². The Morgan fingerprint density at radius 1 is 1.25 bits per heavy atom. The molecule has 0 fully saturated rings. The van der Waals surface area contributed by atoms with Crippen LogP contribution >= 0.6 is 11.3 Å². The normalized spacial score (nSPS) is 15.2. The lowest BCUT2D eigenvalue weighted by Crippen LogP contribution is -2.30. The standard InChI is InChI=1S/C13H23NOS/c1-12(2,3)10-7-6-9(16-10)11(15)13(4,5)8-14/h6-7,11,15H,8,14H2,1-5H3. The fourth-order valence-electron chi connectivity index (χ4n) is 1.40. The molecule has 0 radical (unpaired) electrons. The molecule has 0 aliphatic rings. The summed E-state index contributed by atoms with van der Waals surface area (Å²) >= 11 is 1.68. The molecule has 16 heavy (non-hydrogen) atoms. The van der Waals surface area contributed by atoms with E-state index in [9.17, 15) is 5.11 Å². The first-order valence-corrected chi connectivity index (χ1v) is 6.48. The van der Waals surface area contributed by atoms with Crippen molar-refractivity contribution in [2.75, 3.05) is 6.54 Å². The maximum absolute atomic E-state index is 10.3. The van der Waals surface area contributed by atoms with Gasteiger partial charge in [0.15, 0.2) is 0 Å². The highest BCUT2D eigenvalue weighted by atomic mass is 32.1. The summed E-state index contributed by atoms with van der Waals surface area (Å²) in [6.45, 7) is 11.0. The lowest BCUT2D eigenvalue weighted by molar-refractivity contribution is 0.0586. The van der Waals surface area contributed by atoms with E-state index in [1.165, 1.54) is 4.88 Å². The summed E-state index contributed by atoms with van der Waals surface area (Å²) in [5, 5.41) is 10.3. The highest BCUT2D eigenvalue weighted by molar-refractivity contribution is 7.12. The second-order valence-corrected chi connectivity index (χ2v) is 7.16. The van der Waals surface area contributed by atoms with Gasteiger partial charge in [-0.3, -0.25) is 0 Å². The van der Waals surface area contributed by atoms with Crippen LogP contribution in [0.3, 0.4) is 0 Å². The monoisotopic (exact) mass is 241 g/mol. The minimum absolute atomic E-state index is 0.148. The van der Waals surface area contributed by atoms with E-state index in [2.05, 4.69) is 26.8 Å². The first kappa shape index (κ1) is 13.7. The molecule has 0 saturated heterocycles. The number of hydrogen-bond acceptors (Lipinski definition) is 3. The third-order valence-electron chi connectivity index (χ3n) is 2.90. The van der Waals surface area contributed by atoms with Crippen molar-refractivity contribution in [3.63, 3.8) is 0 Å². The number of thiophene rings is 1. The van der Waals surface area contributed by atoms with Gasteiger partial charge in [0, 0.05) is 21.7 Å². The summed E-state index contributed by atoms with van der Waals surface area (Å²) < 4.78 is 0. The molecule has 1 aromatic heterocycles. The predicted molar refractivity (Wildman–Crippen MR) is 70.8 cm³/mol. The van der Waals surface area contributed by atoms with Gasteiger partial charge in [0.05, 0.1) is 6.10 Å². The summed E-state index contributed by atoms with van der Waals surface area (Å²) in [6, 6.07) is 4.13. The lowest BCUT2D eigenvalue weighted by atomic mass is 9.86. The Morgan fingerprint density at radius 3 is 2.19 bits per heavy atom. The number of aliphatic hydroxyl groups is 1. The second-order valence-electron chi connectivity index (χ2n) is 6.05. The van der Waals surface area contributed by atoms with Gasteiger partial charge in [-0.15, -0.1) is 11.3 Å². The molecule has 0 amide bonds. The quantitative estimate of drug-likeness (QED) is 0.854. The summed E-state index contributed by atoms with van der Waals surface area (Å²) in [6.07, 6.45) is -0.474. The lowest BCUT2D eigenvalue weighted by Gasteiger charge is -2.28. The minimum atomic E-state index is -0.474. The van der Waals surface area contributed by atoms with E-state index in [1.807, 2.05) is 19.9 Å². The minimum Gasteiger partial charge on any atom is -0.387 e. The van der Waals surface area contributed by atoms with Crippen molar-refractivity contribution in [3.05, 3.63) is 21.9 Å². The molecule has 3 N–H and O–H groups in total. The molecule has 0 spiro atoms. The van der Waals surface area contributed by atoms with Gasteiger partial charge in [-0.1, -0.05) is 34.6 Å². The van der Waals surface area contributed by atoms with Crippen molar-refractivity contribution in [3.8, 4) is 0 Å². The van der Waals surface area contributed by atoms with Crippen molar-refractivity contribution in [2.24, 2.45) is 11.1 Å². The highest BCUT2D eigenvalue weighted by Gasteiger charge is 2.29. The highest BCUT2D eigenvalue weighted by Crippen LogP contribution is 2.38. The number of rotatable bonds is 3. The Balaban J connectivity index is 2.95. The van der Waals surface area contributed by atoms with E-state index in [4.69, 9.17) is 5.73 Å². The molecule has 3 heteroatoms. The fraction of sp³-hybridized carbons (Fsp3) is 0.692. The number of aliphatic hydroxyl groups excluding tert-OH is 1. The fourth-order valence-corrected chi connectivity index (χ4v) is 2.66. The zero-order chi connectivity index (χ0) is 12.6. The Bertz CT molecular complexity index is 349. The van der Waals surface area contributed by atoms with Crippen molar-refractivity contribution in [1.29, 1.82) is 0 Å². The molecule has 0 aliphatic carbocycles. The molecule has 1 heterocycles. The SMILES string of the molecule is CC(C)(C)c1ccc(C(O)C(C)(C)CN)s1. The maximum atomic E-state index is 10.3. The molecule has 1 rings (SSSR count).